The number of nitrogens with zero attached hydrogens (tertiary/aromatic N) is 1. The molecule has 0 aliphatic rings. The lowest BCUT2D eigenvalue weighted by atomic mass is 10.00. The van der Waals surface area contributed by atoms with E-state index in [1.807, 2.05) is 0 Å². The number of hydrogen-bond donors (Lipinski definition) is 4. The van der Waals surface area contributed by atoms with Crippen LogP contribution >= 0.6 is 0 Å². The fourth-order valence-electron chi connectivity index (χ4n) is 3.16. The number of aliphatic hydroxyl groups is 1. The number of hydrogen-bond acceptors (Lipinski definition) is 8. The molecule has 0 fully saturated rings. The number of halogens is 1. The average Bonchev–Trinajstić information content (AvgIpc) is 2.81. The molecule has 0 saturated heterocycles. The number of benzene rings is 2. The highest BCUT2D eigenvalue weighted by Crippen LogP contribution is 2.35. The highest BCUT2D eigenvalue weighted by Gasteiger charge is 2.20. The quantitative estimate of drug-likeness (QED) is 0.0888. The summed E-state index contributed by atoms with van der Waals surface area (Å²) >= 11 is 0. The molecule has 9 nitrogen and oxygen atoms in total. The van der Waals surface area contributed by atoms with Crippen molar-refractivity contribution < 1.29 is 33.7 Å². The number of rotatable bonds is 13. The van der Waals surface area contributed by atoms with Gasteiger partial charge >= 0.3 is 5.97 Å². The van der Waals surface area contributed by atoms with Crippen LogP contribution in [0.15, 0.2) is 41.6 Å². The minimum absolute atomic E-state index is 0.00947. The highest BCUT2D eigenvalue weighted by atomic mass is 19.1. The molecule has 0 spiro atoms. The molecule has 33 heavy (non-hydrogen) atoms. The summed E-state index contributed by atoms with van der Waals surface area (Å²) in [6.07, 6.45) is 0.945. The van der Waals surface area contributed by atoms with Gasteiger partial charge in [-0.15, -0.1) is 0 Å². The Labute approximate surface area is 191 Å². The van der Waals surface area contributed by atoms with Gasteiger partial charge in [0.15, 0.2) is 17.3 Å². The Balaban J connectivity index is 2.33. The third-order valence-electron chi connectivity index (χ3n) is 4.66. The van der Waals surface area contributed by atoms with Crippen molar-refractivity contribution >= 4 is 17.5 Å². The molecule has 0 radical (unpaired) electrons. The van der Waals surface area contributed by atoms with E-state index in [1.54, 1.807) is 37.3 Å². The largest absolute Gasteiger partial charge is 0.490 e. The highest BCUT2D eigenvalue weighted by molar-refractivity contribution is 5.97. The lowest BCUT2D eigenvalue weighted by Crippen LogP contribution is -2.16. The van der Waals surface area contributed by atoms with Crippen LogP contribution in [0, 0.1) is 5.82 Å². The molecule has 0 saturated carbocycles. The predicted octanol–water partition coefficient (Wildman–Crippen LogP) is 3.19. The number of ether oxygens (including phenoxy) is 3. The number of nitrogens with two attached hydrogens (primary N) is 1. The van der Waals surface area contributed by atoms with Crippen molar-refractivity contribution in [3.63, 3.8) is 0 Å². The van der Waals surface area contributed by atoms with E-state index in [2.05, 4.69) is 10.5 Å². The summed E-state index contributed by atoms with van der Waals surface area (Å²) in [7, 11) is 0. The van der Waals surface area contributed by atoms with Gasteiger partial charge in [-0.3, -0.25) is 4.79 Å². The molecule has 180 valence electrons. The second-order valence-corrected chi connectivity index (χ2v) is 7.07. The fraction of sp³-hybridized carbons (Fsp3) is 0.391. The van der Waals surface area contributed by atoms with E-state index in [0.29, 0.717) is 42.0 Å². The maximum absolute atomic E-state index is 15.1. The molecular formula is C23H30FN3O6. The molecule has 0 bridgehead atoms. The summed E-state index contributed by atoms with van der Waals surface area (Å²) in [4.78, 5) is 11.1. The van der Waals surface area contributed by atoms with E-state index < -0.39 is 11.9 Å². The topological polar surface area (TPSA) is 136 Å². The van der Waals surface area contributed by atoms with Crippen LogP contribution in [0.2, 0.25) is 0 Å². The van der Waals surface area contributed by atoms with Crippen LogP contribution in [0.5, 0.6) is 11.5 Å². The molecule has 2 aromatic carbocycles. The molecule has 2 rings (SSSR count). The number of nitrogens with one attached hydrogen (secondary N) is 1. The van der Waals surface area contributed by atoms with Gasteiger partial charge in [0, 0.05) is 29.8 Å². The van der Waals surface area contributed by atoms with Crippen LogP contribution < -0.4 is 20.5 Å². The number of carbonyl (C=O) groups excluding carboxylic acids is 1. The number of amidine groups is 1. The van der Waals surface area contributed by atoms with Crippen LogP contribution in [0.1, 0.15) is 43.9 Å². The fourth-order valence-corrected chi connectivity index (χ4v) is 3.16. The zero-order chi connectivity index (χ0) is 24.2. The minimum atomic E-state index is -0.510. The summed E-state index contributed by atoms with van der Waals surface area (Å²) in [6.45, 7) is 3.48. The lowest BCUT2D eigenvalue weighted by Gasteiger charge is -2.23. The third-order valence-corrected chi connectivity index (χ3v) is 4.66. The standard InChI is InChI=1S/C23H30FN3O6/c1-3-31-21-13-18(19(24)14-22(21)33-12-10-28)20(5-4-11-32-15(2)29)26-17-8-6-16(7-9-17)23(25)27-30/h6-9,13-14,20,26,28,30H,3-5,10-12H2,1-2H3,(H2,25,27). The van der Waals surface area contributed by atoms with Crippen LogP contribution in [-0.2, 0) is 9.53 Å². The maximum atomic E-state index is 15.1. The van der Waals surface area contributed by atoms with Gasteiger partial charge in [-0.2, -0.15) is 0 Å². The first-order valence-electron chi connectivity index (χ1n) is 10.6. The predicted molar refractivity (Wildman–Crippen MR) is 121 cm³/mol. The molecule has 0 aliphatic heterocycles. The Morgan fingerprint density at radius 2 is 1.88 bits per heavy atom. The van der Waals surface area contributed by atoms with Crippen LogP contribution in [0.3, 0.4) is 0 Å². The second-order valence-electron chi connectivity index (χ2n) is 7.07. The zero-order valence-corrected chi connectivity index (χ0v) is 18.7. The van der Waals surface area contributed by atoms with E-state index >= 15 is 4.39 Å². The summed E-state index contributed by atoms with van der Waals surface area (Å²) in [5.74, 6) is -0.353. The Morgan fingerprint density at radius 1 is 1.18 bits per heavy atom. The Morgan fingerprint density at radius 3 is 2.48 bits per heavy atom. The Hall–Kier alpha value is -3.53. The molecule has 2 aromatic rings. The SMILES string of the molecule is CCOc1cc(C(CCCOC(C)=O)Nc2ccc(C(N)=NO)cc2)c(F)cc1OCCO. The first kappa shape index (κ1) is 25.7. The van der Waals surface area contributed by atoms with E-state index in [1.165, 1.54) is 13.0 Å². The molecule has 5 N–H and O–H groups in total. The van der Waals surface area contributed by atoms with Gasteiger partial charge in [-0.1, -0.05) is 5.16 Å². The van der Waals surface area contributed by atoms with E-state index in [-0.39, 0.29) is 37.4 Å². The van der Waals surface area contributed by atoms with Gasteiger partial charge in [0.25, 0.3) is 0 Å². The van der Waals surface area contributed by atoms with Crippen molar-refractivity contribution in [3.05, 3.63) is 53.3 Å². The van der Waals surface area contributed by atoms with E-state index in [4.69, 9.17) is 30.3 Å². The number of oxime groups is 1. The average molecular weight is 464 g/mol. The Bertz CT molecular complexity index is 937. The molecular weight excluding hydrogens is 433 g/mol. The molecule has 10 heteroatoms. The number of carbonyl (C=O) groups is 1. The van der Waals surface area contributed by atoms with Gasteiger partial charge < -0.3 is 35.6 Å². The smallest absolute Gasteiger partial charge is 0.302 e. The van der Waals surface area contributed by atoms with Crippen LogP contribution in [0.25, 0.3) is 0 Å². The molecule has 0 aromatic heterocycles. The second kappa shape index (κ2) is 13.1. The normalized spacial score (nSPS) is 12.2. The summed E-state index contributed by atoms with van der Waals surface area (Å²) in [6, 6.07) is 9.11. The lowest BCUT2D eigenvalue weighted by molar-refractivity contribution is -0.141. The molecule has 0 heterocycles. The first-order valence-corrected chi connectivity index (χ1v) is 10.6. The summed E-state index contributed by atoms with van der Waals surface area (Å²) in [5, 5.41) is 24.1. The van der Waals surface area contributed by atoms with E-state index in [0.717, 1.165) is 0 Å². The first-order chi connectivity index (χ1) is 15.9. The molecule has 0 amide bonds. The number of esters is 1. The van der Waals surface area contributed by atoms with Crippen molar-refractivity contribution in [1.29, 1.82) is 0 Å². The van der Waals surface area contributed by atoms with Crippen molar-refractivity contribution in [3.8, 4) is 11.5 Å². The Kier molecular flexibility index (Phi) is 10.2. The van der Waals surface area contributed by atoms with Crippen LogP contribution in [0.4, 0.5) is 10.1 Å². The van der Waals surface area contributed by atoms with Gasteiger partial charge in [-0.25, -0.2) is 4.39 Å². The van der Waals surface area contributed by atoms with Gasteiger partial charge in [-0.05, 0) is 50.1 Å². The molecule has 0 aliphatic carbocycles. The van der Waals surface area contributed by atoms with Crippen molar-refractivity contribution in [2.45, 2.75) is 32.7 Å². The zero-order valence-electron chi connectivity index (χ0n) is 18.7. The van der Waals surface area contributed by atoms with Crippen molar-refractivity contribution in [1.82, 2.24) is 0 Å². The summed E-state index contributed by atoms with van der Waals surface area (Å²) in [5.41, 5.74) is 7.16. The van der Waals surface area contributed by atoms with Gasteiger partial charge in [0.1, 0.15) is 12.4 Å². The maximum Gasteiger partial charge on any atom is 0.302 e. The monoisotopic (exact) mass is 463 g/mol. The minimum Gasteiger partial charge on any atom is -0.490 e. The summed E-state index contributed by atoms with van der Waals surface area (Å²) < 4.78 is 31.2. The van der Waals surface area contributed by atoms with Crippen molar-refractivity contribution in [2.24, 2.45) is 10.9 Å². The molecule has 1 atom stereocenters. The molecule has 1 unspecified atom stereocenters. The number of anilines is 1. The third kappa shape index (κ3) is 7.83. The number of aliphatic hydroxyl groups excluding tert-OH is 1. The van der Waals surface area contributed by atoms with Gasteiger partial charge in [0.2, 0.25) is 0 Å². The van der Waals surface area contributed by atoms with Crippen LogP contribution in [-0.4, -0.2) is 48.5 Å². The van der Waals surface area contributed by atoms with E-state index in [9.17, 15) is 4.79 Å². The van der Waals surface area contributed by atoms with Crippen molar-refractivity contribution in [2.75, 3.05) is 31.7 Å². The van der Waals surface area contributed by atoms with Gasteiger partial charge in [0.05, 0.1) is 25.9 Å².